The van der Waals surface area contributed by atoms with Crippen LogP contribution in [0.5, 0.6) is 17.4 Å². The summed E-state index contributed by atoms with van der Waals surface area (Å²) in [6, 6.07) is 8.25. The fourth-order valence-corrected chi connectivity index (χ4v) is 2.93. The molecule has 0 aliphatic carbocycles. The Kier molecular flexibility index (Phi) is 6.35. The second-order valence-electron chi connectivity index (χ2n) is 6.07. The van der Waals surface area contributed by atoms with Crippen molar-refractivity contribution in [2.24, 2.45) is 0 Å². The van der Waals surface area contributed by atoms with E-state index in [1.54, 1.807) is 18.2 Å². The Morgan fingerprint density at radius 3 is 2.68 bits per heavy atom. The van der Waals surface area contributed by atoms with Gasteiger partial charge in [0.05, 0.1) is 0 Å². The average molecular weight is 457 g/mol. The van der Waals surface area contributed by atoms with E-state index in [4.69, 9.17) is 4.74 Å². The van der Waals surface area contributed by atoms with Crippen LogP contribution in [0.2, 0.25) is 0 Å². The van der Waals surface area contributed by atoms with Gasteiger partial charge in [-0.05, 0) is 59.6 Å². The van der Waals surface area contributed by atoms with Gasteiger partial charge in [-0.25, -0.2) is 9.78 Å². The van der Waals surface area contributed by atoms with Crippen molar-refractivity contribution in [1.29, 1.82) is 0 Å². The van der Waals surface area contributed by atoms with Crippen LogP contribution >= 0.6 is 15.9 Å². The summed E-state index contributed by atoms with van der Waals surface area (Å²) in [4.78, 5) is 15.1. The van der Waals surface area contributed by atoms with Crippen molar-refractivity contribution < 1.29 is 27.4 Å². The van der Waals surface area contributed by atoms with E-state index in [2.05, 4.69) is 37.0 Å². The van der Waals surface area contributed by atoms with Gasteiger partial charge in [-0.3, -0.25) is 0 Å². The van der Waals surface area contributed by atoms with Gasteiger partial charge in [0.25, 0.3) is 5.88 Å². The lowest BCUT2D eigenvalue weighted by molar-refractivity contribution is -0.189. The largest absolute Gasteiger partial charge is 0.491 e. The van der Waals surface area contributed by atoms with Gasteiger partial charge in [-0.1, -0.05) is 23.8 Å². The van der Waals surface area contributed by atoms with Crippen molar-refractivity contribution in [3.8, 4) is 17.4 Å². The third-order valence-corrected chi connectivity index (χ3v) is 4.34. The van der Waals surface area contributed by atoms with E-state index in [9.17, 15) is 18.0 Å². The average Bonchev–Trinajstić information content (AvgIpc) is 2.64. The Bertz CT molecular complexity index is 892. The highest BCUT2D eigenvalue weighted by Crippen LogP contribution is 2.33. The second-order valence-corrected chi connectivity index (χ2v) is 6.99. The number of piperidine rings is 1. The number of halogens is 4. The number of benzene rings is 1. The van der Waals surface area contributed by atoms with Crippen LogP contribution in [0.3, 0.4) is 0 Å². The van der Waals surface area contributed by atoms with Crippen LogP contribution in [0, 0.1) is 0 Å². The minimum Gasteiger partial charge on any atom is -0.436 e. The van der Waals surface area contributed by atoms with Crippen LogP contribution in [0.25, 0.3) is 6.08 Å². The molecule has 0 bridgehead atoms. The topological polar surface area (TPSA) is 60.5 Å². The zero-order valence-electron chi connectivity index (χ0n) is 14.6. The first-order valence-corrected chi connectivity index (χ1v) is 9.23. The zero-order chi connectivity index (χ0) is 20.1. The predicted octanol–water partition coefficient (Wildman–Crippen LogP) is 4.87. The van der Waals surface area contributed by atoms with Gasteiger partial charge in [-0.2, -0.15) is 13.2 Å². The van der Waals surface area contributed by atoms with E-state index in [0.717, 1.165) is 31.5 Å². The number of carbonyl (C=O) groups is 1. The Morgan fingerprint density at radius 2 is 1.96 bits per heavy atom. The van der Waals surface area contributed by atoms with Crippen molar-refractivity contribution in [3.63, 3.8) is 0 Å². The molecule has 1 aromatic carbocycles. The summed E-state index contributed by atoms with van der Waals surface area (Å²) in [5.74, 6) is -2.66. The third-order valence-electron chi connectivity index (χ3n) is 3.91. The van der Waals surface area contributed by atoms with Gasteiger partial charge in [0, 0.05) is 16.7 Å². The molecule has 28 heavy (non-hydrogen) atoms. The first-order valence-electron chi connectivity index (χ1n) is 8.44. The number of pyridine rings is 1. The summed E-state index contributed by atoms with van der Waals surface area (Å²) in [6.45, 7) is 1.86. The smallest absolute Gasteiger partial charge is 0.436 e. The van der Waals surface area contributed by atoms with Crippen LogP contribution in [0.4, 0.5) is 13.2 Å². The summed E-state index contributed by atoms with van der Waals surface area (Å²) in [5, 5.41) is 3.28. The molecule has 2 aromatic rings. The SMILES string of the molecule is O=C(Oc1cc(Br)cnc1Oc1cccc(C=C2CCNCC2)c1)C(F)(F)F. The first-order chi connectivity index (χ1) is 13.3. The number of rotatable bonds is 4. The highest BCUT2D eigenvalue weighted by molar-refractivity contribution is 9.10. The number of nitrogens with zero attached hydrogens (tertiary/aromatic N) is 1. The van der Waals surface area contributed by atoms with E-state index in [-0.39, 0.29) is 5.88 Å². The van der Waals surface area contributed by atoms with Gasteiger partial charge in [0.1, 0.15) is 5.75 Å². The molecule has 1 aromatic heterocycles. The monoisotopic (exact) mass is 456 g/mol. The molecule has 1 aliphatic heterocycles. The predicted molar refractivity (Wildman–Crippen MR) is 100 cm³/mol. The second kappa shape index (κ2) is 8.74. The normalized spacial score (nSPS) is 14.5. The van der Waals surface area contributed by atoms with Crippen molar-refractivity contribution in [1.82, 2.24) is 10.3 Å². The standard InChI is InChI=1S/C19H16BrF3N2O3/c20-14-10-16(28-18(26)19(21,22)23)17(25-11-14)27-15-3-1-2-13(9-15)8-12-4-6-24-7-5-12/h1-3,8-11,24H,4-7H2. The number of carbonyl (C=O) groups excluding carboxylic acids is 1. The van der Waals surface area contributed by atoms with E-state index in [1.165, 1.54) is 17.8 Å². The summed E-state index contributed by atoms with van der Waals surface area (Å²) < 4.78 is 47.9. The minimum atomic E-state index is -5.12. The number of nitrogens with one attached hydrogen (secondary N) is 1. The lowest BCUT2D eigenvalue weighted by Crippen LogP contribution is -2.28. The number of hydrogen-bond acceptors (Lipinski definition) is 5. The number of esters is 1. The summed E-state index contributed by atoms with van der Waals surface area (Å²) in [6.07, 6.45) is 0.183. The van der Waals surface area contributed by atoms with E-state index in [0.29, 0.717) is 10.2 Å². The van der Waals surface area contributed by atoms with Crippen molar-refractivity contribution in [3.05, 3.63) is 52.1 Å². The van der Waals surface area contributed by atoms with Gasteiger partial charge in [-0.15, -0.1) is 0 Å². The summed E-state index contributed by atoms with van der Waals surface area (Å²) in [5.41, 5.74) is 2.21. The molecule has 0 spiro atoms. The van der Waals surface area contributed by atoms with E-state index in [1.807, 2.05) is 6.07 Å². The van der Waals surface area contributed by atoms with E-state index < -0.39 is 17.9 Å². The highest BCUT2D eigenvalue weighted by atomic mass is 79.9. The quantitative estimate of drug-likeness (QED) is 0.664. The maximum atomic E-state index is 12.5. The van der Waals surface area contributed by atoms with Crippen molar-refractivity contribution in [2.45, 2.75) is 19.0 Å². The summed E-state index contributed by atoms with van der Waals surface area (Å²) in [7, 11) is 0. The fraction of sp³-hybridized carbons (Fsp3) is 0.263. The Balaban J connectivity index is 1.82. The molecule has 1 fully saturated rings. The van der Waals surface area contributed by atoms with Gasteiger partial charge >= 0.3 is 12.1 Å². The maximum Gasteiger partial charge on any atom is 0.491 e. The van der Waals surface area contributed by atoms with Crippen LogP contribution < -0.4 is 14.8 Å². The molecule has 1 saturated heterocycles. The first kappa shape index (κ1) is 20.3. The van der Waals surface area contributed by atoms with Crippen LogP contribution in [-0.2, 0) is 4.79 Å². The van der Waals surface area contributed by atoms with Crippen LogP contribution in [0.15, 0.2) is 46.6 Å². The molecule has 1 aliphatic rings. The number of alkyl halides is 3. The molecule has 5 nitrogen and oxygen atoms in total. The minimum absolute atomic E-state index is 0.243. The zero-order valence-corrected chi connectivity index (χ0v) is 16.1. The Labute approximate surface area is 167 Å². The number of ether oxygens (including phenoxy) is 2. The molecule has 1 N–H and O–H groups in total. The molecule has 0 saturated carbocycles. The molecular formula is C19H16BrF3N2O3. The highest BCUT2D eigenvalue weighted by Gasteiger charge is 2.42. The molecule has 9 heteroatoms. The van der Waals surface area contributed by atoms with E-state index >= 15 is 0 Å². The van der Waals surface area contributed by atoms with Crippen LogP contribution in [-0.4, -0.2) is 30.2 Å². The maximum absolute atomic E-state index is 12.5. The lowest BCUT2D eigenvalue weighted by atomic mass is 10.0. The van der Waals surface area contributed by atoms with Crippen molar-refractivity contribution >= 4 is 28.0 Å². The number of aromatic nitrogens is 1. The van der Waals surface area contributed by atoms with Crippen LogP contribution in [0.1, 0.15) is 18.4 Å². The fourth-order valence-electron chi connectivity index (χ4n) is 2.62. The van der Waals surface area contributed by atoms with Gasteiger partial charge < -0.3 is 14.8 Å². The van der Waals surface area contributed by atoms with Gasteiger partial charge in [0.2, 0.25) is 0 Å². The third kappa shape index (κ3) is 5.56. The molecule has 0 unspecified atom stereocenters. The Hall–Kier alpha value is -2.39. The molecule has 0 atom stereocenters. The molecule has 3 rings (SSSR count). The molecule has 0 radical (unpaired) electrons. The lowest BCUT2D eigenvalue weighted by Gasteiger charge is -2.15. The Morgan fingerprint density at radius 1 is 1.21 bits per heavy atom. The van der Waals surface area contributed by atoms with Crippen molar-refractivity contribution in [2.75, 3.05) is 13.1 Å². The molecule has 2 heterocycles. The number of hydrogen-bond donors (Lipinski definition) is 1. The van der Waals surface area contributed by atoms with Gasteiger partial charge in [0.15, 0.2) is 5.75 Å². The molecule has 0 amide bonds. The molecular weight excluding hydrogens is 441 g/mol. The summed E-state index contributed by atoms with van der Waals surface area (Å²) >= 11 is 3.09. The molecule has 148 valence electrons.